The van der Waals surface area contributed by atoms with Gasteiger partial charge in [0.1, 0.15) is 12.4 Å². The van der Waals surface area contributed by atoms with E-state index in [0.717, 1.165) is 25.5 Å². The van der Waals surface area contributed by atoms with E-state index in [-0.39, 0.29) is 11.5 Å². The first-order valence-corrected chi connectivity index (χ1v) is 7.65. The molecule has 0 bridgehead atoms. The molecule has 1 saturated heterocycles. The van der Waals surface area contributed by atoms with Crippen molar-refractivity contribution in [1.82, 2.24) is 29.9 Å². The average molecular weight is 304 g/mol. The highest BCUT2D eigenvalue weighted by molar-refractivity contribution is 5.23. The number of ether oxygens (including phenoxy) is 1. The molecule has 22 heavy (non-hydrogen) atoms. The summed E-state index contributed by atoms with van der Waals surface area (Å²) in [6.45, 7) is 9.93. The normalized spacial score (nSPS) is 20.5. The second-order valence-corrected chi connectivity index (χ2v) is 6.91. The predicted molar refractivity (Wildman–Crippen MR) is 82.3 cm³/mol. The molecule has 2 aromatic rings. The number of morpholine rings is 1. The number of aryl methyl sites for hydroxylation is 1. The molecule has 120 valence electrons. The summed E-state index contributed by atoms with van der Waals surface area (Å²) in [5.41, 5.74) is 2.53. The van der Waals surface area contributed by atoms with Crippen LogP contribution in [0, 0.1) is 0 Å². The molecule has 0 spiro atoms. The van der Waals surface area contributed by atoms with Crippen molar-refractivity contribution in [2.75, 3.05) is 19.7 Å². The van der Waals surface area contributed by atoms with Crippen molar-refractivity contribution in [3.05, 3.63) is 29.6 Å². The van der Waals surface area contributed by atoms with Crippen LogP contribution >= 0.6 is 0 Å². The Hall–Kier alpha value is -1.73. The van der Waals surface area contributed by atoms with Gasteiger partial charge in [-0.05, 0) is 0 Å². The Balaban J connectivity index is 1.71. The average Bonchev–Trinajstić information content (AvgIpc) is 3.07. The van der Waals surface area contributed by atoms with Crippen molar-refractivity contribution >= 4 is 0 Å². The number of nitrogens with one attached hydrogen (secondary N) is 1. The van der Waals surface area contributed by atoms with E-state index in [1.807, 2.05) is 17.8 Å². The molecule has 3 heterocycles. The highest BCUT2D eigenvalue weighted by atomic mass is 16.5. The van der Waals surface area contributed by atoms with Crippen LogP contribution in [-0.4, -0.2) is 49.6 Å². The monoisotopic (exact) mass is 304 g/mol. The molecule has 2 aromatic heterocycles. The first-order valence-electron chi connectivity index (χ1n) is 7.65. The number of nitrogens with zero attached hydrogens (tertiary/aromatic N) is 5. The molecular weight excluding hydrogens is 280 g/mol. The van der Waals surface area contributed by atoms with Crippen molar-refractivity contribution in [3.8, 4) is 0 Å². The van der Waals surface area contributed by atoms with Crippen LogP contribution < -0.4 is 0 Å². The Morgan fingerprint density at radius 2 is 2.23 bits per heavy atom. The van der Waals surface area contributed by atoms with Gasteiger partial charge in [-0.2, -0.15) is 5.10 Å². The molecule has 0 aromatic carbocycles. The number of H-pyrrole nitrogens is 1. The van der Waals surface area contributed by atoms with Crippen molar-refractivity contribution in [3.63, 3.8) is 0 Å². The van der Waals surface area contributed by atoms with E-state index in [2.05, 4.69) is 46.1 Å². The molecular formula is C15H24N6O. The molecule has 3 rings (SSSR count). The summed E-state index contributed by atoms with van der Waals surface area (Å²) in [6.07, 6.45) is 3.63. The Labute approximate surface area is 130 Å². The smallest absolute Gasteiger partial charge is 0.163 e. The fourth-order valence-corrected chi connectivity index (χ4v) is 2.91. The van der Waals surface area contributed by atoms with Gasteiger partial charge in [-0.15, -0.1) is 10.2 Å². The molecule has 0 aliphatic carbocycles. The highest BCUT2D eigenvalue weighted by Crippen LogP contribution is 2.26. The maximum atomic E-state index is 5.86. The molecule has 0 saturated carbocycles. The molecule has 1 fully saturated rings. The quantitative estimate of drug-likeness (QED) is 0.928. The van der Waals surface area contributed by atoms with E-state index in [9.17, 15) is 0 Å². The van der Waals surface area contributed by atoms with Crippen molar-refractivity contribution < 1.29 is 4.74 Å². The van der Waals surface area contributed by atoms with E-state index >= 15 is 0 Å². The number of hydrogen-bond donors (Lipinski definition) is 1. The first-order chi connectivity index (χ1) is 10.4. The van der Waals surface area contributed by atoms with Crippen LogP contribution in [0.15, 0.2) is 12.5 Å². The molecule has 0 amide bonds. The fourth-order valence-electron chi connectivity index (χ4n) is 2.91. The van der Waals surface area contributed by atoms with Crippen molar-refractivity contribution in [2.24, 2.45) is 7.05 Å². The van der Waals surface area contributed by atoms with E-state index in [1.165, 1.54) is 11.3 Å². The van der Waals surface area contributed by atoms with Gasteiger partial charge in [-0.1, -0.05) is 20.8 Å². The zero-order valence-corrected chi connectivity index (χ0v) is 13.7. The van der Waals surface area contributed by atoms with Gasteiger partial charge in [0.05, 0.1) is 12.8 Å². The Morgan fingerprint density at radius 1 is 1.41 bits per heavy atom. The van der Waals surface area contributed by atoms with Gasteiger partial charge in [0, 0.05) is 43.4 Å². The second-order valence-electron chi connectivity index (χ2n) is 6.91. The maximum absolute atomic E-state index is 5.86. The van der Waals surface area contributed by atoms with Crippen LogP contribution in [0.2, 0.25) is 0 Å². The zero-order valence-electron chi connectivity index (χ0n) is 13.7. The Kier molecular flexibility index (Phi) is 4.01. The van der Waals surface area contributed by atoms with Crippen molar-refractivity contribution in [2.45, 2.75) is 38.8 Å². The van der Waals surface area contributed by atoms with Gasteiger partial charge in [-0.25, -0.2) is 0 Å². The molecule has 1 aliphatic rings. The van der Waals surface area contributed by atoms with E-state index < -0.39 is 0 Å². The molecule has 1 atom stereocenters. The molecule has 0 radical (unpaired) electrons. The summed E-state index contributed by atoms with van der Waals surface area (Å²) >= 11 is 0. The molecule has 7 nitrogen and oxygen atoms in total. The summed E-state index contributed by atoms with van der Waals surface area (Å²) < 4.78 is 7.78. The van der Waals surface area contributed by atoms with Crippen LogP contribution in [0.25, 0.3) is 0 Å². The van der Waals surface area contributed by atoms with Crippen LogP contribution in [0.3, 0.4) is 0 Å². The third kappa shape index (κ3) is 3.05. The third-order valence-electron chi connectivity index (χ3n) is 4.05. The van der Waals surface area contributed by atoms with Gasteiger partial charge in [0.2, 0.25) is 0 Å². The van der Waals surface area contributed by atoms with Crippen LogP contribution in [0.4, 0.5) is 0 Å². The number of hydrogen-bond acceptors (Lipinski definition) is 5. The van der Waals surface area contributed by atoms with Gasteiger partial charge >= 0.3 is 0 Å². The molecule has 1 aliphatic heterocycles. The third-order valence-corrected chi connectivity index (χ3v) is 4.05. The Morgan fingerprint density at radius 3 is 2.91 bits per heavy atom. The minimum absolute atomic E-state index is 0.0220. The maximum Gasteiger partial charge on any atom is 0.163 e. The lowest BCUT2D eigenvalue weighted by molar-refractivity contribution is -0.0386. The summed E-state index contributed by atoms with van der Waals surface area (Å²) in [5.74, 6) is 0.882. The van der Waals surface area contributed by atoms with Crippen LogP contribution in [0.1, 0.15) is 44.0 Å². The van der Waals surface area contributed by atoms with E-state index in [1.54, 1.807) is 6.33 Å². The standard InChI is InChI=1S/C15H24N6O/c1-15(2,3)13-11(7-16-18-13)8-21-5-6-22-12(9-21)14-19-17-10-20(14)4/h7,10,12H,5-6,8-9H2,1-4H3,(H,16,18)/t12-/m0/s1. The lowest BCUT2D eigenvalue weighted by Gasteiger charge is -2.32. The number of aromatic nitrogens is 5. The molecule has 0 unspecified atom stereocenters. The summed E-state index contributed by atoms with van der Waals surface area (Å²) in [4.78, 5) is 2.39. The number of aromatic amines is 1. The van der Waals surface area contributed by atoms with Crippen LogP contribution in [-0.2, 0) is 23.7 Å². The van der Waals surface area contributed by atoms with E-state index in [4.69, 9.17) is 4.74 Å². The zero-order chi connectivity index (χ0) is 15.7. The lowest BCUT2D eigenvalue weighted by atomic mass is 9.89. The lowest BCUT2D eigenvalue weighted by Crippen LogP contribution is -2.39. The molecule has 7 heteroatoms. The second kappa shape index (κ2) is 5.81. The first kappa shape index (κ1) is 15.2. The Bertz CT molecular complexity index is 626. The van der Waals surface area contributed by atoms with Crippen LogP contribution in [0.5, 0.6) is 0 Å². The SMILES string of the molecule is Cn1cnnc1[C@@H]1CN(Cc2cn[nH]c2C(C)(C)C)CCO1. The fraction of sp³-hybridized carbons (Fsp3) is 0.667. The van der Waals surface area contributed by atoms with Gasteiger partial charge in [-0.3, -0.25) is 10.00 Å². The summed E-state index contributed by atoms with van der Waals surface area (Å²) in [5, 5.41) is 15.5. The summed E-state index contributed by atoms with van der Waals surface area (Å²) in [6, 6.07) is 0. The minimum atomic E-state index is -0.0220. The van der Waals surface area contributed by atoms with E-state index in [0.29, 0.717) is 6.61 Å². The van der Waals surface area contributed by atoms with Gasteiger partial charge in [0.25, 0.3) is 0 Å². The topological polar surface area (TPSA) is 71.9 Å². The van der Waals surface area contributed by atoms with Crippen molar-refractivity contribution in [1.29, 1.82) is 0 Å². The molecule has 1 N–H and O–H groups in total. The summed E-state index contributed by atoms with van der Waals surface area (Å²) in [7, 11) is 1.95. The number of rotatable bonds is 3. The highest BCUT2D eigenvalue weighted by Gasteiger charge is 2.27. The van der Waals surface area contributed by atoms with Gasteiger partial charge < -0.3 is 9.30 Å². The van der Waals surface area contributed by atoms with Gasteiger partial charge in [0.15, 0.2) is 5.82 Å². The minimum Gasteiger partial charge on any atom is -0.368 e. The predicted octanol–water partition coefficient (Wildman–Crippen LogP) is 1.41. The largest absolute Gasteiger partial charge is 0.368 e.